The van der Waals surface area contributed by atoms with Gasteiger partial charge in [0.15, 0.2) is 5.78 Å². The first-order valence-corrected chi connectivity index (χ1v) is 11.7. The number of nitrogens with zero attached hydrogens (tertiary/aromatic N) is 3. The molecule has 0 aliphatic carbocycles. The number of amides is 1. The molecule has 3 aromatic rings. The Morgan fingerprint density at radius 3 is 2.58 bits per heavy atom. The second-order valence-corrected chi connectivity index (χ2v) is 9.20. The summed E-state index contributed by atoms with van der Waals surface area (Å²) in [6, 6.07) is 10.9. The van der Waals surface area contributed by atoms with E-state index in [0.717, 1.165) is 0 Å². The summed E-state index contributed by atoms with van der Waals surface area (Å²) in [6.07, 6.45) is 0. The molecule has 4 rings (SSSR count). The maximum Gasteiger partial charge on any atom is 0.316 e. The number of morpholine rings is 1. The number of carbonyl (C=O) groups is 2. The van der Waals surface area contributed by atoms with Gasteiger partial charge in [0.05, 0.1) is 18.1 Å². The summed E-state index contributed by atoms with van der Waals surface area (Å²) < 4.78 is 39.0. The van der Waals surface area contributed by atoms with Crippen LogP contribution in [0.4, 0.5) is 5.69 Å². The Kier molecular flexibility index (Phi) is 6.25. The fourth-order valence-corrected chi connectivity index (χ4v) is 4.69. The number of aryl methyl sites for hydroxylation is 1. The van der Waals surface area contributed by atoms with Crippen LogP contribution in [0.2, 0.25) is 0 Å². The van der Waals surface area contributed by atoms with Crippen molar-refractivity contribution in [2.45, 2.75) is 18.7 Å². The highest BCUT2D eigenvalue weighted by atomic mass is 32.2. The second-order valence-electron chi connectivity index (χ2n) is 7.55. The summed E-state index contributed by atoms with van der Waals surface area (Å²) >= 11 is 0. The molecule has 0 radical (unpaired) electrons. The van der Waals surface area contributed by atoms with Gasteiger partial charge >= 0.3 is 11.8 Å². The molecule has 1 N–H and O–H groups in total. The normalized spacial score (nSPS) is 14.2. The van der Waals surface area contributed by atoms with Gasteiger partial charge in [0.2, 0.25) is 5.82 Å². The predicted molar refractivity (Wildman–Crippen MR) is 118 cm³/mol. The number of nitrogens with one attached hydrogen (secondary N) is 1. The van der Waals surface area contributed by atoms with E-state index in [1.165, 1.54) is 19.1 Å². The summed E-state index contributed by atoms with van der Waals surface area (Å²) in [5, 5.41) is 3.85. The van der Waals surface area contributed by atoms with Gasteiger partial charge in [0.1, 0.15) is 0 Å². The van der Waals surface area contributed by atoms with Crippen molar-refractivity contribution in [2.24, 2.45) is 0 Å². The number of aromatic nitrogens is 2. The lowest BCUT2D eigenvalue weighted by atomic mass is 10.1. The number of hydrogen-bond acceptors (Lipinski definition) is 8. The monoisotopic (exact) mass is 470 g/mol. The molecule has 0 spiro atoms. The van der Waals surface area contributed by atoms with E-state index in [1.807, 2.05) is 0 Å². The average molecular weight is 471 g/mol. The van der Waals surface area contributed by atoms with Crippen molar-refractivity contribution < 1.29 is 27.3 Å². The van der Waals surface area contributed by atoms with Crippen LogP contribution in [0.3, 0.4) is 0 Å². The number of rotatable bonds is 6. The molecule has 2 aromatic carbocycles. The van der Waals surface area contributed by atoms with Crippen LogP contribution in [0.1, 0.15) is 33.5 Å². The highest BCUT2D eigenvalue weighted by Crippen LogP contribution is 2.26. The lowest BCUT2D eigenvalue weighted by Crippen LogP contribution is -2.40. The number of ether oxygens (including phenoxy) is 1. The first-order chi connectivity index (χ1) is 15.7. The van der Waals surface area contributed by atoms with Crippen molar-refractivity contribution in [3.8, 4) is 11.4 Å². The molecule has 0 unspecified atom stereocenters. The molecule has 0 saturated carbocycles. The standard InChI is InChI=1S/C22H22N4O6S/c1-14-6-7-17(20-23-21(32-24-20)22(28)26-8-10-31-11-9-26)13-19(14)33(29,30)25-18-5-3-4-16(12-18)15(2)27/h3-7,12-13,25H,8-11H2,1-2H3. The molecule has 1 amide bonds. The Hall–Kier alpha value is -3.57. The van der Waals surface area contributed by atoms with Crippen molar-refractivity contribution in [3.05, 3.63) is 59.5 Å². The van der Waals surface area contributed by atoms with Gasteiger partial charge in [0, 0.05) is 29.9 Å². The van der Waals surface area contributed by atoms with Crippen LogP contribution >= 0.6 is 0 Å². The maximum absolute atomic E-state index is 13.1. The van der Waals surface area contributed by atoms with Gasteiger partial charge in [-0.25, -0.2) is 8.42 Å². The molecule has 1 fully saturated rings. The molecule has 33 heavy (non-hydrogen) atoms. The Morgan fingerprint density at radius 2 is 1.85 bits per heavy atom. The van der Waals surface area contributed by atoms with Crippen LogP contribution in [-0.2, 0) is 14.8 Å². The second kappa shape index (κ2) is 9.12. The van der Waals surface area contributed by atoms with Crippen molar-refractivity contribution >= 4 is 27.4 Å². The molecule has 1 aliphatic rings. The zero-order chi connectivity index (χ0) is 23.6. The van der Waals surface area contributed by atoms with Crippen molar-refractivity contribution in [1.29, 1.82) is 0 Å². The van der Waals surface area contributed by atoms with Gasteiger partial charge in [-0.3, -0.25) is 14.3 Å². The van der Waals surface area contributed by atoms with Crippen LogP contribution in [0.25, 0.3) is 11.4 Å². The zero-order valence-electron chi connectivity index (χ0n) is 18.1. The first-order valence-electron chi connectivity index (χ1n) is 10.2. The summed E-state index contributed by atoms with van der Waals surface area (Å²) in [5.41, 5.74) is 1.54. The molecule has 0 bridgehead atoms. The van der Waals surface area contributed by atoms with Crippen molar-refractivity contribution in [2.75, 3.05) is 31.0 Å². The van der Waals surface area contributed by atoms with E-state index < -0.39 is 15.9 Å². The number of sulfonamides is 1. The minimum absolute atomic E-state index is 0.0130. The maximum atomic E-state index is 13.1. The smallest absolute Gasteiger partial charge is 0.316 e. The number of benzene rings is 2. The number of anilines is 1. The minimum Gasteiger partial charge on any atom is -0.378 e. The van der Waals surface area contributed by atoms with E-state index in [2.05, 4.69) is 14.9 Å². The topological polar surface area (TPSA) is 132 Å². The predicted octanol–water partition coefficient (Wildman–Crippen LogP) is 2.52. The quantitative estimate of drug-likeness (QED) is 0.544. The molecule has 11 heteroatoms. The molecule has 0 atom stereocenters. The van der Waals surface area contributed by atoms with Crippen LogP contribution in [-0.4, -0.2) is 61.5 Å². The first kappa shape index (κ1) is 22.6. The lowest BCUT2D eigenvalue weighted by Gasteiger charge is -2.25. The third-order valence-electron chi connectivity index (χ3n) is 5.16. The van der Waals surface area contributed by atoms with Crippen LogP contribution in [0, 0.1) is 6.92 Å². The molecular weight excluding hydrogens is 448 g/mol. The van der Waals surface area contributed by atoms with Gasteiger partial charge in [-0.15, -0.1) is 0 Å². The van der Waals surface area contributed by atoms with E-state index in [0.29, 0.717) is 43.0 Å². The van der Waals surface area contributed by atoms with E-state index in [1.54, 1.807) is 42.2 Å². The summed E-state index contributed by atoms with van der Waals surface area (Å²) in [5.74, 6) is -0.643. The van der Waals surface area contributed by atoms with E-state index in [4.69, 9.17) is 9.26 Å². The highest BCUT2D eigenvalue weighted by Gasteiger charge is 2.25. The molecular formula is C22H22N4O6S. The Labute approximate surface area is 190 Å². The average Bonchev–Trinajstić information content (AvgIpc) is 3.29. The Bertz CT molecular complexity index is 1310. The van der Waals surface area contributed by atoms with Crippen LogP contribution in [0.15, 0.2) is 51.9 Å². The van der Waals surface area contributed by atoms with Gasteiger partial charge < -0.3 is 14.2 Å². The zero-order valence-corrected chi connectivity index (χ0v) is 18.9. The number of Topliss-reactive ketones (excluding diaryl/α,β-unsaturated/α-hetero) is 1. The fraction of sp³-hybridized carbons (Fsp3) is 0.273. The van der Waals surface area contributed by atoms with E-state index >= 15 is 0 Å². The van der Waals surface area contributed by atoms with Gasteiger partial charge in [-0.05, 0) is 37.6 Å². The third kappa shape index (κ3) is 4.94. The van der Waals surface area contributed by atoms with Gasteiger partial charge in [-0.1, -0.05) is 29.4 Å². The SMILES string of the molecule is CC(=O)c1cccc(NS(=O)(=O)c2cc(-c3noc(C(=O)N4CCOCC4)n3)ccc2C)c1. The summed E-state index contributed by atoms with van der Waals surface area (Å²) in [7, 11) is -3.98. The molecule has 1 saturated heterocycles. The third-order valence-corrected chi connectivity index (χ3v) is 6.69. The Balaban J connectivity index is 1.60. The fourth-order valence-electron chi connectivity index (χ4n) is 3.37. The molecule has 2 heterocycles. The number of ketones is 1. The molecule has 1 aliphatic heterocycles. The summed E-state index contributed by atoms with van der Waals surface area (Å²) in [4.78, 5) is 29.9. The number of carbonyl (C=O) groups excluding carboxylic acids is 2. The van der Waals surface area contributed by atoms with Gasteiger partial charge in [-0.2, -0.15) is 4.98 Å². The van der Waals surface area contributed by atoms with E-state index in [-0.39, 0.29) is 28.1 Å². The number of hydrogen-bond donors (Lipinski definition) is 1. The van der Waals surface area contributed by atoms with Gasteiger partial charge in [0.25, 0.3) is 10.0 Å². The van der Waals surface area contributed by atoms with E-state index in [9.17, 15) is 18.0 Å². The van der Waals surface area contributed by atoms with Crippen molar-refractivity contribution in [1.82, 2.24) is 15.0 Å². The summed E-state index contributed by atoms with van der Waals surface area (Å²) in [6.45, 7) is 4.81. The molecule has 10 nitrogen and oxygen atoms in total. The lowest BCUT2D eigenvalue weighted by molar-refractivity contribution is 0.0272. The Morgan fingerprint density at radius 1 is 1.09 bits per heavy atom. The largest absolute Gasteiger partial charge is 0.378 e. The highest BCUT2D eigenvalue weighted by molar-refractivity contribution is 7.92. The van der Waals surface area contributed by atoms with Crippen molar-refractivity contribution in [3.63, 3.8) is 0 Å². The van der Waals surface area contributed by atoms with Crippen LogP contribution in [0.5, 0.6) is 0 Å². The molecule has 1 aromatic heterocycles. The van der Waals surface area contributed by atoms with Crippen LogP contribution < -0.4 is 4.72 Å². The molecule has 172 valence electrons. The minimum atomic E-state index is -3.98.